The number of piperazine rings is 1. The molecule has 7 heteroatoms. The van der Waals surface area contributed by atoms with Crippen LogP contribution in [0.25, 0.3) is 5.69 Å². The van der Waals surface area contributed by atoms with E-state index in [0.717, 1.165) is 5.69 Å². The third-order valence-electron chi connectivity index (χ3n) is 4.38. The van der Waals surface area contributed by atoms with Crippen molar-refractivity contribution in [3.8, 4) is 5.69 Å². The van der Waals surface area contributed by atoms with E-state index in [-0.39, 0.29) is 17.7 Å². The Hall–Kier alpha value is -2.41. The molecule has 2 amide bonds. The van der Waals surface area contributed by atoms with Crippen LogP contribution in [-0.4, -0.2) is 57.3 Å². The lowest BCUT2D eigenvalue weighted by Gasteiger charge is -2.35. The first kappa shape index (κ1) is 17.4. The zero-order valence-corrected chi connectivity index (χ0v) is 15.3. The maximum Gasteiger partial charge on any atom is 0.272 e. The molecule has 1 aliphatic heterocycles. The first-order valence-electron chi connectivity index (χ1n) is 8.43. The topological polar surface area (TPSA) is 61.3 Å². The maximum atomic E-state index is 13.0. The highest BCUT2D eigenvalue weighted by molar-refractivity contribution is 7.71. The molecule has 2 aromatic rings. The summed E-state index contributed by atoms with van der Waals surface area (Å²) in [6.45, 7) is 5.99. The number of imidazole rings is 1. The molecule has 0 bridgehead atoms. The van der Waals surface area contributed by atoms with Gasteiger partial charge < -0.3 is 14.8 Å². The summed E-state index contributed by atoms with van der Waals surface area (Å²) in [6, 6.07) is 9.58. The van der Waals surface area contributed by atoms with Crippen LogP contribution >= 0.6 is 12.2 Å². The van der Waals surface area contributed by atoms with Gasteiger partial charge in [-0.3, -0.25) is 14.2 Å². The Labute approximate surface area is 152 Å². The van der Waals surface area contributed by atoms with Gasteiger partial charge in [0.1, 0.15) is 5.69 Å². The molecule has 0 unspecified atom stereocenters. The van der Waals surface area contributed by atoms with Gasteiger partial charge >= 0.3 is 0 Å². The summed E-state index contributed by atoms with van der Waals surface area (Å²) < 4.78 is 2.24. The second-order valence-electron chi connectivity index (χ2n) is 6.42. The average Bonchev–Trinajstić information content (AvgIpc) is 3.02. The lowest BCUT2D eigenvalue weighted by Crippen LogP contribution is -2.51. The summed E-state index contributed by atoms with van der Waals surface area (Å²) in [5.41, 5.74) is 1.37. The number of aromatic amines is 1. The molecule has 0 aliphatic carbocycles. The molecule has 132 valence electrons. The van der Waals surface area contributed by atoms with Crippen molar-refractivity contribution < 1.29 is 9.59 Å². The van der Waals surface area contributed by atoms with Crippen LogP contribution in [0.4, 0.5) is 0 Å². The van der Waals surface area contributed by atoms with Crippen LogP contribution in [0.15, 0.2) is 36.5 Å². The summed E-state index contributed by atoms with van der Waals surface area (Å²) >= 11 is 5.34. The van der Waals surface area contributed by atoms with E-state index in [1.165, 1.54) is 0 Å². The minimum Gasteiger partial charge on any atom is -0.339 e. The lowest BCUT2D eigenvalue weighted by atomic mass is 10.1. The van der Waals surface area contributed by atoms with Crippen molar-refractivity contribution >= 4 is 24.0 Å². The number of amides is 2. The maximum absolute atomic E-state index is 13.0. The molecule has 1 fully saturated rings. The van der Waals surface area contributed by atoms with Gasteiger partial charge in [-0.25, -0.2) is 0 Å². The number of carbonyl (C=O) groups excluding carboxylic acids is 2. The van der Waals surface area contributed by atoms with E-state index in [4.69, 9.17) is 12.2 Å². The molecule has 0 atom stereocenters. The van der Waals surface area contributed by atoms with E-state index < -0.39 is 0 Å². The molecule has 0 spiro atoms. The van der Waals surface area contributed by atoms with Gasteiger partial charge in [0.05, 0.1) is 0 Å². The number of nitrogens with zero attached hydrogens (tertiary/aromatic N) is 3. The van der Waals surface area contributed by atoms with Crippen LogP contribution in [0.5, 0.6) is 0 Å². The van der Waals surface area contributed by atoms with Gasteiger partial charge in [-0.2, -0.15) is 0 Å². The molecular formula is C18H22N4O2S. The van der Waals surface area contributed by atoms with Crippen LogP contribution < -0.4 is 0 Å². The Morgan fingerprint density at radius 2 is 1.64 bits per heavy atom. The third-order valence-corrected chi connectivity index (χ3v) is 4.68. The monoisotopic (exact) mass is 358 g/mol. The minimum atomic E-state index is -0.0761. The molecule has 3 rings (SSSR count). The first-order chi connectivity index (χ1) is 12.0. The van der Waals surface area contributed by atoms with E-state index >= 15 is 0 Å². The van der Waals surface area contributed by atoms with Crippen molar-refractivity contribution in [3.63, 3.8) is 0 Å². The third kappa shape index (κ3) is 3.51. The molecule has 0 saturated carbocycles. The van der Waals surface area contributed by atoms with Crippen molar-refractivity contribution in [2.45, 2.75) is 13.8 Å². The van der Waals surface area contributed by atoms with E-state index in [0.29, 0.717) is 36.6 Å². The Morgan fingerprint density at radius 1 is 1.04 bits per heavy atom. The molecule has 1 saturated heterocycles. The number of aromatic nitrogens is 2. The fourth-order valence-corrected chi connectivity index (χ4v) is 3.28. The number of hydrogen-bond donors (Lipinski definition) is 1. The molecule has 6 nitrogen and oxygen atoms in total. The molecular weight excluding hydrogens is 336 g/mol. The van der Waals surface area contributed by atoms with Crippen LogP contribution in [0.2, 0.25) is 0 Å². The first-order valence-corrected chi connectivity index (χ1v) is 8.83. The van der Waals surface area contributed by atoms with Gasteiger partial charge in [0.2, 0.25) is 5.91 Å². The number of hydrogen-bond acceptors (Lipinski definition) is 3. The molecule has 2 heterocycles. The fourth-order valence-electron chi connectivity index (χ4n) is 3.02. The van der Waals surface area contributed by atoms with E-state index in [9.17, 15) is 9.59 Å². The van der Waals surface area contributed by atoms with Crippen molar-refractivity contribution in [3.05, 3.63) is 47.0 Å². The molecule has 0 radical (unpaired) electrons. The van der Waals surface area contributed by atoms with Crippen molar-refractivity contribution in [2.24, 2.45) is 5.92 Å². The molecule has 1 aromatic carbocycles. The van der Waals surface area contributed by atoms with Gasteiger partial charge in [0.25, 0.3) is 5.91 Å². The number of nitrogens with one attached hydrogen (secondary N) is 1. The number of H-pyrrole nitrogens is 1. The minimum absolute atomic E-state index is 0.0186. The SMILES string of the molecule is CC(C)C(=O)N1CCN(C(=O)c2c[nH]c(=S)n2-c2ccccc2)CC1. The van der Waals surface area contributed by atoms with E-state index in [1.54, 1.807) is 15.7 Å². The van der Waals surface area contributed by atoms with Gasteiger partial charge in [0, 0.05) is 44.0 Å². The second-order valence-corrected chi connectivity index (χ2v) is 6.81. The van der Waals surface area contributed by atoms with Crippen molar-refractivity contribution in [1.82, 2.24) is 19.4 Å². The highest BCUT2D eigenvalue weighted by Gasteiger charge is 2.27. The largest absolute Gasteiger partial charge is 0.339 e. The summed E-state index contributed by atoms with van der Waals surface area (Å²) in [4.78, 5) is 31.6. The number of rotatable bonds is 3. The molecule has 1 aliphatic rings. The zero-order chi connectivity index (χ0) is 18.0. The van der Waals surface area contributed by atoms with Crippen molar-refractivity contribution in [2.75, 3.05) is 26.2 Å². The van der Waals surface area contributed by atoms with Crippen LogP contribution in [0.1, 0.15) is 24.3 Å². The summed E-state index contributed by atoms with van der Waals surface area (Å²) in [5.74, 6) is 0.0451. The number of benzene rings is 1. The predicted molar refractivity (Wildman–Crippen MR) is 98.3 cm³/mol. The van der Waals surface area contributed by atoms with Gasteiger partial charge in [0.15, 0.2) is 4.77 Å². The highest BCUT2D eigenvalue weighted by Crippen LogP contribution is 2.16. The zero-order valence-electron chi connectivity index (χ0n) is 14.4. The average molecular weight is 358 g/mol. The Bertz CT molecular complexity index is 817. The Balaban J connectivity index is 1.78. The number of para-hydroxylation sites is 1. The van der Waals surface area contributed by atoms with Crippen LogP contribution in [0.3, 0.4) is 0 Å². The molecule has 1 N–H and O–H groups in total. The Kier molecular flexibility index (Phi) is 5.03. The predicted octanol–water partition coefficient (Wildman–Crippen LogP) is 2.48. The number of carbonyl (C=O) groups is 2. The highest BCUT2D eigenvalue weighted by atomic mass is 32.1. The van der Waals surface area contributed by atoms with Crippen LogP contribution in [0, 0.1) is 10.7 Å². The summed E-state index contributed by atoms with van der Waals surface area (Å²) in [5, 5.41) is 0. The fraction of sp³-hybridized carbons (Fsp3) is 0.389. The molecule has 1 aromatic heterocycles. The second kappa shape index (κ2) is 7.23. The van der Waals surface area contributed by atoms with Gasteiger partial charge in [-0.15, -0.1) is 0 Å². The normalized spacial score (nSPS) is 14.8. The summed E-state index contributed by atoms with van der Waals surface area (Å²) in [6.07, 6.45) is 1.66. The van der Waals surface area contributed by atoms with E-state index in [2.05, 4.69) is 4.98 Å². The van der Waals surface area contributed by atoms with Crippen molar-refractivity contribution in [1.29, 1.82) is 0 Å². The standard InChI is InChI=1S/C18H22N4O2S/c1-13(2)16(23)20-8-10-21(11-9-20)17(24)15-12-19-18(25)22(15)14-6-4-3-5-7-14/h3-7,12-13H,8-11H2,1-2H3,(H,19,25). The molecule has 25 heavy (non-hydrogen) atoms. The summed E-state index contributed by atoms with van der Waals surface area (Å²) in [7, 11) is 0. The lowest BCUT2D eigenvalue weighted by molar-refractivity contribution is -0.135. The smallest absolute Gasteiger partial charge is 0.272 e. The quantitative estimate of drug-likeness (QED) is 0.858. The van der Waals surface area contributed by atoms with Gasteiger partial charge in [-0.1, -0.05) is 32.0 Å². The van der Waals surface area contributed by atoms with Gasteiger partial charge in [-0.05, 0) is 24.4 Å². The Morgan fingerprint density at radius 3 is 2.24 bits per heavy atom. The van der Waals surface area contributed by atoms with E-state index in [1.807, 2.05) is 49.1 Å². The van der Waals surface area contributed by atoms with Crippen LogP contribution in [-0.2, 0) is 4.79 Å².